The molecule has 2 unspecified atom stereocenters. The third-order valence-corrected chi connectivity index (χ3v) is 5.79. The smallest absolute Gasteiger partial charge is 0.222 e. The predicted octanol–water partition coefficient (Wildman–Crippen LogP) is 3.76. The van der Waals surface area contributed by atoms with Crippen LogP contribution in [-0.4, -0.2) is 36.0 Å². The number of hydrogen-bond acceptors (Lipinski definition) is 2. The molecule has 2 fully saturated rings. The summed E-state index contributed by atoms with van der Waals surface area (Å²) in [6, 6.07) is 22.3. The van der Waals surface area contributed by atoms with E-state index in [1.807, 2.05) is 18.2 Å². The van der Waals surface area contributed by atoms with Gasteiger partial charge < -0.3 is 10.2 Å². The molecule has 1 saturated carbocycles. The average molecular weight is 348 g/mol. The van der Waals surface area contributed by atoms with E-state index in [9.17, 15) is 4.79 Å². The minimum atomic E-state index is 0.306. The van der Waals surface area contributed by atoms with Gasteiger partial charge in [0.2, 0.25) is 5.91 Å². The van der Waals surface area contributed by atoms with Crippen LogP contribution in [0.5, 0.6) is 0 Å². The predicted molar refractivity (Wildman–Crippen MR) is 105 cm³/mol. The molecule has 26 heavy (non-hydrogen) atoms. The molecule has 1 aliphatic carbocycles. The SMILES string of the molecule is O=C(CCc1ccccc1)N1CCC(NC2CC2c2ccccc2)CC1. The molecular weight excluding hydrogens is 320 g/mol. The van der Waals surface area contributed by atoms with Crippen LogP contribution < -0.4 is 5.32 Å². The van der Waals surface area contributed by atoms with Gasteiger partial charge in [0, 0.05) is 37.5 Å². The number of piperidine rings is 1. The topological polar surface area (TPSA) is 32.3 Å². The van der Waals surface area contributed by atoms with Crippen molar-refractivity contribution in [1.82, 2.24) is 10.2 Å². The van der Waals surface area contributed by atoms with Crippen molar-refractivity contribution in [3.8, 4) is 0 Å². The van der Waals surface area contributed by atoms with Gasteiger partial charge in [-0.25, -0.2) is 0 Å². The first-order chi connectivity index (χ1) is 12.8. The number of rotatable bonds is 6. The summed E-state index contributed by atoms with van der Waals surface area (Å²) in [7, 11) is 0. The molecule has 136 valence electrons. The number of benzene rings is 2. The molecule has 2 aromatic rings. The zero-order valence-corrected chi connectivity index (χ0v) is 15.3. The van der Waals surface area contributed by atoms with E-state index in [0.29, 0.717) is 30.3 Å². The summed E-state index contributed by atoms with van der Waals surface area (Å²) >= 11 is 0. The number of likely N-dealkylation sites (tertiary alicyclic amines) is 1. The Morgan fingerprint density at radius 3 is 2.31 bits per heavy atom. The molecular formula is C23H28N2O. The van der Waals surface area contributed by atoms with Gasteiger partial charge in [0.15, 0.2) is 0 Å². The van der Waals surface area contributed by atoms with Gasteiger partial charge in [0.1, 0.15) is 0 Å². The third kappa shape index (κ3) is 4.34. The van der Waals surface area contributed by atoms with Crippen molar-refractivity contribution in [1.29, 1.82) is 0 Å². The van der Waals surface area contributed by atoms with Crippen LogP contribution in [0.1, 0.15) is 42.7 Å². The molecule has 1 aliphatic heterocycles. The standard InChI is InChI=1S/C23H28N2O/c26-23(12-11-18-7-3-1-4-8-18)25-15-13-20(14-16-25)24-22-17-21(22)19-9-5-2-6-10-19/h1-10,20-22,24H,11-17H2. The summed E-state index contributed by atoms with van der Waals surface area (Å²) in [5.41, 5.74) is 2.71. The maximum absolute atomic E-state index is 12.5. The van der Waals surface area contributed by atoms with Gasteiger partial charge in [-0.15, -0.1) is 0 Å². The number of carbonyl (C=O) groups excluding carboxylic acids is 1. The van der Waals surface area contributed by atoms with Gasteiger partial charge in [-0.05, 0) is 36.8 Å². The van der Waals surface area contributed by atoms with Crippen molar-refractivity contribution >= 4 is 5.91 Å². The van der Waals surface area contributed by atoms with Crippen LogP contribution in [0.15, 0.2) is 60.7 Å². The van der Waals surface area contributed by atoms with Crippen LogP contribution in [0, 0.1) is 0 Å². The van der Waals surface area contributed by atoms with Crippen LogP contribution in [-0.2, 0) is 11.2 Å². The second kappa shape index (κ2) is 8.05. The van der Waals surface area contributed by atoms with E-state index in [4.69, 9.17) is 0 Å². The van der Waals surface area contributed by atoms with Crippen LogP contribution in [0.4, 0.5) is 0 Å². The third-order valence-electron chi connectivity index (χ3n) is 5.79. The Kier molecular flexibility index (Phi) is 5.35. The van der Waals surface area contributed by atoms with Crippen molar-refractivity contribution in [3.05, 3.63) is 71.8 Å². The highest BCUT2D eigenvalue weighted by atomic mass is 16.2. The lowest BCUT2D eigenvalue weighted by Crippen LogP contribution is -2.45. The molecule has 3 heteroatoms. The largest absolute Gasteiger partial charge is 0.343 e. The van der Waals surface area contributed by atoms with Crippen molar-refractivity contribution < 1.29 is 4.79 Å². The first-order valence-electron chi connectivity index (χ1n) is 9.92. The molecule has 0 radical (unpaired) electrons. The Balaban J connectivity index is 1.18. The van der Waals surface area contributed by atoms with Gasteiger partial charge in [-0.1, -0.05) is 60.7 Å². The van der Waals surface area contributed by atoms with Crippen molar-refractivity contribution in [2.75, 3.05) is 13.1 Å². The highest BCUT2D eigenvalue weighted by Gasteiger charge is 2.39. The molecule has 1 amide bonds. The Morgan fingerprint density at radius 1 is 0.962 bits per heavy atom. The number of aryl methyl sites for hydroxylation is 1. The van der Waals surface area contributed by atoms with Crippen molar-refractivity contribution in [2.24, 2.45) is 0 Å². The normalized spacial score (nSPS) is 23.0. The summed E-state index contributed by atoms with van der Waals surface area (Å²) in [6.07, 6.45) is 4.88. The van der Waals surface area contributed by atoms with Crippen LogP contribution >= 0.6 is 0 Å². The molecule has 0 spiro atoms. The number of hydrogen-bond donors (Lipinski definition) is 1. The minimum absolute atomic E-state index is 0.306. The highest BCUT2D eigenvalue weighted by molar-refractivity contribution is 5.76. The Bertz CT molecular complexity index is 708. The van der Waals surface area contributed by atoms with E-state index in [0.717, 1.165) is 32.4 Å². The van der Waals surface area contributed by atoms with E-state index < -0.39 is 0 Å². The van der Waals surface area contributed by atoms with E-state index >= 15 is 0 Å². The maximum Gasteiger partial charge on any atom is 0.222 e. The lowest BCUT2D eigenvalue weighted by molar-refractivity contribution is -0.132. The van der Waals surface area contributed by atoms with Gasteiger partial charge in [-0.3, -0.25) is 4.79 Å². The lowest BCUT2D eigenvalue weighted by atomic mass is 10.0. The van der Waals surface area contributed by atoms with Crippen LogP contribution in [0.3, 0.4) is 0 Å². The first kappa shape index (κ1) is 17.3. The van der Waals surface area contributed by atoms with Gasteiger partial charge in [0.25, 0.3) is 0 Å². The number of nitrogens with one attached hydrogen (secondary N) is 1. The molecule has 2 aliphatic rings. The zero-order chi connectivity index (χ0) is 17.8. The van der Waals surface area contributed by atoms with Gasteiger partial charge >= 0.3 is 0 Å². The quantitative estimate of drug-likeness (QED) is 0.862. The molecule has 1 heterocycles. The summed E-state index contributed by atoms with van der Waals surface area (Å²) in [5.74, 6) is 0.989. The minimum Gasteiger partial charge on any atom is -0.343 e. The van der Waals surface area contributed by atoms with Crippen LogP contribution in [0.25, 0.3) is 0 Å². The molecule has 3 nitrogen and oxygen atoms in total. The number of nitrogens with zero attached hydrogens (tertiary/aromatic N) is 1. The summed E-state index contributed by atoms with van der Waals surface area (Å²) in [4.78, 5) is 14.5. The Labute approximate surface area is 156 Å². The summed E-state index contributed by atoms with van der Waals surface area (Å²) in [5, 5.41) is 3.82. The Hall–Kier alpha value is -2.13. The molecule has 2 atom stereocenters. The van der Waals surface area contributed by atoms with Crippen LogP contribution in [0.2, 0.25) is 0 Å². The van der Waals surface area contributed by atoms with E-state index in [1.54, 1.807) is 0 Å². The molecule has 1 saturated heterocycles. The fourth-order valence-electron chi connectivity index (χ4n) is 4.10. The average Bonchev–Trinajstić information content (AvgIpc) is 3.47. The fourth-order valence-corrected chi connectivity index (χ4v) is 4.10. The maximum atomic E-state index is 12.5. The van der Waals surface area contributed by atoms with E-state index in [-0.39, 0.29) is 0 Å². The summed E-state index contributed by atoms with van der Waals surface area (Å²) in [6.45, 7) is 1.79. The summed E-state index contributed by atoms with van der Waals surface area (Å²) < 4.78 is 0. The molecule has 1 N–H and O–H groups in total. The Morgan fingerprint density at radius 2 is 1.62 bits per heavy atom. The first-order valence-corrected chi connectivity index (χ1v) is 9.92. The van der Waals surface area contributed by atoms with Gasteiger partial charge in [0.05, 0.1) is 0 Å². The second-order valence-electron chi connectivity index (χ2n) is 7.67. The van der Waals surface area contributed by atoms with Crippen molar-refractivity contribution in [2.45, 2.75) is 50.1 Å². The van der Waals surface area contributed by atoms with E-state index in [1.165, 1.54) is 17.5 Å². The zero-order valence-electron chi connectivity index (χ0n) is 15.3. The molecule has 0 aromatic heterocycles. The fraction of sp³-hybridized carbons (Fsp3) is 0.435. The number of amides is 1. The molecule has 4 rings (SSSR count). The van der Waals surface area contributed by atoms with Crippen molar-refractivity contribution in [3.63, 3.8) is 0 Å². The van der Waals surface area contributed by atoms with E-state index in [2.05, 4.69) is 52.7 Å². The molecule has 0 bridgehead atoms. The lowest BCUT2D eigenvalue weighted by Gasteiger charge is -2.33. The van der Waals surface area contributed by atoms with Gasteiger partial charge in [-0.2, -0.15) is 0 Å². The molecule has 2 aromatic carbocycles. The highest BCUT2D eigenvalue weighted by Crippen LogP contribution is 2.41. The monoisotopic (exact) mass is 348 g/mol. The second-order valence-corrected chi connectivity index (χ2v) is 7.67. The number of carbonyl (C=O) groups is 1.